The SMILES string of the molecule is C[C@@H]1C[C@@H](C(=O)NC(C)(C)C)N(C)C1. The predicted molar refractivity (Wildman–Crippen MR) is 58.1 cm³/mol. The number of likely N-dealkylation sites (tertiary alicyclic amines) is 1. The molecule has 3 heteroatoms. The first kappa shape index (κ1) is 11.5. The van der Waals surface area contributed by atoms with Crippen LogP contribution < -0.4 is 5.32 Å². The molecule has 0 bridgehead atoms. The van der Waals surface area contributed by atoms with E-state index in [-0.39, 0.29) is 17.5 Å². The first-order valence-corrected chi connectivity index (χ1v) is 5.32. The van der Waals surface area contributed by atoms with Crippen molar-refractivity contribution in [3.8, 4) is 0 Å². The normalized spacial score (nSPS) is 29.2. The first-order valence-electron chi connectivity index (χ1n) is 5.32. The Hall–Kier alpha value is -0.570. The van der Waals surface area contributed by atoms with Crippen molar-refractivity contribution in [2.45, 2.75) is 45.7 Å². The lowest BCUT2D eigenvalue weighted by molar-refractivity contribution is -0.126. The molecule has 0 radical (unpaired) electrons. The summed E-state index contributed by atoms with van der Waals surface area (Å²) in [6, 6.07) is 0.0734. The van der Waals surface area contributed by atoms with E-state index in [9.17, 15) is 4.79 Å². The molecule has 1 aliphatic rings. The van der Waals surface area contributed by atoms with Crippen molar-refractivity contribution >= 4 is 5.91 Å². The summed E-state index contributed by atoms with van der Waals surface area (Å²) < 4.78 is 0. The number of carbonyl (C=O) groups excluding carboxylic acids is 1. The van der Waals surface area contributed by atoms with Crippen molar-refractivity contribution in [3.63, 3.8) is 0 Å². The van der Waals surface area contributed by atoms with Gasteiger partial charge in [0.2, 0.25) is 5.91 Å². The Bertz CT molecular complexity index is 220. The van der Waals surface area contributed by atoms with Gasteiger partial charge in [0.1, 0.15) is 0 Å². The van der Waals surface area contributed by atoms with Gasteiger partial charge in [0.15, 0.2) is 0 Å². The fourth-order valence-corrected chi connectivity index (χ4v) is 2.01. The Labute approximate surface area is 86.9 Å². The van der Waals surface area contributed by atoms with Crippen molar-refractivity contribution in [3.05, 3.63) is 0 Å². The van der Waals surface area contributed by atoms with Gasteiger partial charge < -0.3 is 5.32 Å². The molecule has 1 heterocycles. The largest absolute Gasteiger partial charge is 0.350 e. The molecule has 0 aromatic rings. The van der Waals surface area contributed by atoms with E-state index in [4.69, 9.17) is 0 Å². The molecule has 0 unspecified atom stereocenters. The molecular weight excluding hydrogens is 176 g/mol. The second-order valence-corrected chi connectivity index (χ2v) is 5.54. The maximum Gasteiger partial charge on any atom is 0.237 e. The molecule has 1 saturated heterocycles. The third kappa shape index (κ3) is 2.98. The topological polar surface area (TPSA) is 32.3 Å². The molecule has 2 atom stereocenters. The summed E-state index contributed by atoms with van der Waals surface area (Å²) in [5.41, 5.74) is -0.121. The minimum absolute atomic E-state index is 0.0734. The maximum absolute atomic E-state index is 11.9. The molecule has 0 aliphatic carbocycles. The smallest absolute Gasteiger partial charge is 0.237 e. The fourth-order valence-electron chi connectivity index (χ4n) is 2.01. The highest BCUT2D eigenvalue weighted by molar-refractivity contribution is 5.82. The molecule has 82 valence electrons. The van der Waals surface area contributed by atoms with Crippen LogP contribution in [0.15, 0.2) is 0 Å². The van der Waals surface area contributed by atoms with Gasteiger partial charge in [-0.25, -0.2) is 0 Å². The van der Waals surface area contributed by atoms with E-state index in [0.717, 1.165) is 13.0 Å². The van der Waals surface area contributed by atoms with E-state index >= 15 is 0 Å². The van der Waals surface area contributed by atoms with Crippen molar-refractivity contribution in [1.29, 1.82) is 0 Å². The molecule has 1 amide bonds. The Balaban J connectivity index is 2.53. The molecule has 0 saturated carbocycles. The van der Waals surface area contributed by atoms with E-state index in [1.807, 2.05) is 27.8 Å². The van der Waals surface area contributed by atoms with Gasteiger partial charge in [0.25, 0.3) is 0 Å². The van der Waals surface area contributed by atoms with Crippen LogP contribution in [0.3, 0.4) is 0 Å². The van der Waals surface area contributed by atoms with Crippen LogP contribution in [0.25, 0.3) is 0 Å². The number of likely N-dealkylation sites (N-methyl/N-ethyl adjacent to an activating group) is 1. The summed E-state index contributed by atoms with van der Waals surface area (Å²) >= 11 is 0. The van der Waals surface area contributed by atoms with Crippen LogP contribution in [-0.4, -0.2) is 36.0 Å². The number of amides is 1. The van der Waals surface area contributed by atoms with Crippen LogP contribution in [0.2, 0.25) is 0 Å². The van der Waals surface area contributed by atoms with Crippen molar-refractivity contribution in [1.82, 2.24) is 10.2 Å². The number of hydrogen-bond donors (Lipinski definition) is 1. The summed E-state index contributed by atoms with van der Waals surface area (Å²) in [7, 11) is 2.02. The number of hydrogen-bond acceptors (Lipinski definition) is 2. The number of nitrogens with one attached hydrogen (secondary N) is 1. The van der Waals surface area contributed by atoms with Gasteiger partial charge >= 0.3 is 0 Å². The monoisotopic (exact) mass is 198 g/mol. The third-order valence-corrected chi connectivity index (χ3v) is 2.56. The lowest BCUT2D eigenvalue weighted by Crippen LogP contribution is -2.49. The third-order valence-electron chi connectivity index (χ3n) is 2.56. The zero-order valence-corrected chi connectivity index (χ0v) is 9.92. The van der Waals surface area contributed by atoms with E-state index in [1.165, 1.54) is 0 Å². The van der Waals surface area contributed by atoms with Gasteiger partial charge in [-0.05, 0) is 40.2 Å². The Morgan fingerprint density at radius 1 is 1.43 bits per heavy atom. The van der Waals surface area contributed by atoms with Crippen LogP contribution in [0.1, 0.15) is 34.1 Å². The van der Waals surface area contributed by atoms with Gasteiger partial charge in [0.05, 0.1) is 6.04 Å². The quantitative estimate of drug-likeness (QED) is 0.687. The van der Waals surface area contributed by atoms with Crippen molar-refractivity contribution in [2.24, 2.45) is 5.92 Å². The standard InChI is InChI=1S/C11H22N2O/c1-8-6-9(13(5)7-8)10(14)12-11(2,3)4/h8-9H,6-7H2,1-5H3,(H,12,14)/t8-,9+/m1/s1. The summed E-state index contributed by atoms with van der Waals surface area (Å²) in [4.78, 5) is 14.0. The Morgan fingerprint density at radius 3 is 2.36 bits per heavy atom. The highest BCUT2D eigenvalue weighted by Crippen LogP contribution is 2.21. The van der Waals surface area contributed by atoms with Gasteiger partial charge in [0, 0.05) is 12.1 Å². The first-order chi connectivity index (χ1) is 6.29. The van der Waals surface area contributed by atoms with Crippen molar-refractivity contribution in [2.75, 3.05) is 13.6 Å². The van der Waals surface area contributed by atoms with Crippen LogP contribution in [-0.2, 0) is 4.79 Å². The van der Waals surface area contributed by atoms with Crippen LogP contribution in [0.4, 0.5) is 0 Å². The van der Waals surface area contributed by atoms with Gasteiger partial charge in [-0.1, -0.05) is 6.92 Å². The van der Waals surface area contributed by atoms with Gasteiger partial charge in [-0.3, -0.25) is 9.69 Å². The molecule has 1 fully saturated rings. The molecule has 1 N–H and O–H groups in total. The molecular formula is C11H22N2O. The number of rotatable bonds is 1. The minimum atomic E-state index is -0.121. The van der Waals surface area contributed by atoms with E-state index in [2.05, 4.69) is 17.1 Å². The molecule has 0 aromatic carbocycles. The average Bonchev–Trinajstić information content (AvgIpc) is 2.26. The molecule has 0 spiro atoms. The van der Waals surface area contributed by atoms with Gasteiger partial charge in [-0.2, -0.15) is 0 Å². The summed E-state index contributed by atoms with van der Waals surface area (Å²) in [5.74, 6) is 0.806. The molecule has 0 aromatic heterocycles. The lowest BCUT2D eigenvalue weighted by atomic mass is 10.0. The maximum atomic E-state index is 11.9. The van der Waals surface area contributed by atoms with Crippen molar-refractivity contribution < 1.29 is 4.79 Å². The predicted octanol–water partition coefficient (Wildman–Crippen LogP) is 1.24. The van der Waals surface area contributed by atoms with Crippen LogP contribution >= 0.6 is 0 Å². The summed E-state index contributed by atoms with van der Waals surface area (Å²) in [5, 5.41) is 3.03. The number of carbonyl (C=O) groups is 1. The molecule has 3 nitrogen and oxygen atoms in total. The van der Waals surface area contributed by atoms with E-state index in [0.29, 0.717) is 5.92 Å². The van der Waals surface area contributed by atoms with Crippen LogP contribution in [0.5, 0.6) is 0 Å². The average molecular weight is 198 g/mol. The van der Waals surface area contributed by atoms with Crippen LogP contribution in [0, 0.1) is 5.92 Å². The minimum Gasteiger partial charge on any atom is -0.350 e. The highest BCUT2D eigenvalue weighted by atomic mass is 16.2. The second kappa shape index (κ2) is 3.89. The zero-order chi connectivity index (χ0) is 10.9. The molecule has 1 rings (SSSR count). The Kier molecular flexibility index (Phi) is 3.20. The zero-order valence-electron chi connectivity index (χ0n) is 9.92. The highest BCUT2D eigenvalue weighted by Gasteiger charge is 2.33. The van der Waals surface area contributed by atoms with E-state index in [1.54, 1.807) is 0 Å². The lowest BCUT2D eigenvalue weighted by Gasteiger charge is -2.25. The number of nitrogens with zero attached hydrogens (tertiary/aromatic N) is 1. The molecule has 14 heavy (non-hydrogen) atoms. The summed E-state index contributed by atoms with van der Waals surface area (Å²) in [6.07, 6.45) is 0.985. The van der Waals surface area contributed by atoms with Gasteiger partial charge in [-0.15, -0.1) is 0 Å². The molecule has 1 aliphatic heterocycles. The summed E-state index contributed by atoms with van der Waals surface area (Å²) in [6.45, 7) is 9.28. The Morgan fingerprint density at radius 2 is 2.00 bits per heavy atom. The second-order valence-electron chi connectivity index (χ2n) is 5.54. The van der Waals surface area contributed by atoms with E-state index < -0.39 is 0 Å². The fraction of sp³-hybridized carbons (Fsp3) is 0.909.